The molecule has 0 spiro atoms. The van der Waals surface area contributed by atoms with E-state index in [1.54, 1.807) is 0 Å². The molecule has 0 bridgehead atoms. The van der Waals surface area contributed by atoms with Gasteiger partial charge in [-0.05, 0) is 38.5 Å². The first-order valence-corrected chi connectivity index (χ1v) is 13.9. The van der Waals surface area contributed by atoms with Gasteiger partial charge in [-0.1, -0.05) is 48.0 Å². The Kier molecular flexibility index (Phi) is 14.6. The van der Waals surface area contributed by atoms with Gasteiger partial charge in [0.1, 0.15) is 5.73 Å². The van der Waals surface area contributed by atoms with E-state index >= 15 is 0 Å². The molecule has 1 rings (SSSR count). The molecule has 0 radical (unpaired) electrons. The number of rotatable bonds is 18. The monoisotopic (exact) mass is 450 g/mol. The molecule has 180 valence electrons. The molecule has 2 atom stereocenters. The van der Waals surface area contributed by atoms with Crippen molar-refractivity contribution >= 4 is 8.80 Å². The first kappa shape index (κ1) is 28.0. The summed E-state index contributed by atoms with van der Waals surface area (Å²) in [4.78, 5) is 0. The van der Waals surface area contributed by atoms with E-state index in [0.29, 0.717) is 45.9 Å². The summed E-state index contributed by atoms with van der Waals surface area (Å²) in [6, 6.07) is 0. The second-order valence-electron chi connectivity index (χ2n) is 7.61. The Balaban J connectivity index is 3.06. The molecule has 7 nitrogen and oxygen atoms in total. The highest BCUT2D eigenvalue weighted by Gasteiger charge is 2.52. The lowest BCUT2D eigenvalue weighted by Crippen LogP contribution is -2.59. The van der Waals surface area contributed by atoms with Crippen LogP contribution in [0.5, 0.6) is 0 Å². The van der Waals surface area contributed by atoms with Gasteiger partial charge in [0, 0.05) is 26.2 Å². The van der Waals surface area contributed by atoms with Crippen LogP contribution < -0.4 is 0 Å². The minimum Gasteiger partial charge on any atom is -0.372 e. The van der Waals surface area contributed by atoms with Gasteiger partial charge in [-0.25, -0.2) is 0 Å². The van der Waals surface area contributed by atoms with Crippen LogP contribution in [0.1, 0.15) is 92.9 Å². The molecule has 0 aromatic carbocycles. The van der Waals surface area contributed by atoms with Gasteiger partial charge < -0.3 is 27.5 Å². The Labute approximate surface area is 185 Å². The minimum atomic E-state index is -3.07. The Morgan fingerprint density at radius 3 is 1.73 bits per heavy atom. The van der Waals surface area contributed by atoms with Gasteiger partial charge in [0.05, 0.1) is 13.2 Å². The van der Waals surface area contributed by atoms with Crippen molar-refractivity contribution < 1.29 is 32.2 Å². The normalized spacial score (nSPS) is 19.0. The highest BCUT2D eigenvalue weighted by Crippen LogP contribution is 2.30. The summed E-state index contributed by atoms with van der Waals surface area (Å²) in [5.41, 5.74) is -0.297. The van der Waals surface area contributed by atoms with Crippen LogP contribution in [0.4, 0.5) is 0 Å². The third-order valence-electron chi connectivity index (χ3n) is 4.79. The van der Waals surface area contributed by atoms with Gasteiger partial charge in [0.2, 0.25) is 0 Å². The summed E-state index contributed by atoms with van der Waals surface area (Å²) in [5, 5.41) is 0. The summed E-state index contributed by atoms with van der Waals surface area (Å²) < 4.78 is 43.5. The van der Waals surface area contributed by atoms with Gasteiger partial charge in [-0.15, -0.1) is 0 Å². The minimum absolute atomic E-state index is 0.297. The largest absolute Gasteiger partial charge is 0.531 e. The lowest BCUT2D eigenvalue weighted by molar-refractivity contribution is -0.436. The third-order valence-corrected chi connectivity index (χ3v) is 7.83. The number of ether oxygens (including phenoxy) is 4. The Hall–Kier alpha value is -0.0631. The molecule has 1 fully saturated rings. The van der Waals surface area contributed by atoms with E-state index in [-0.39, 0.29) is 5.73 Å². The lowest BCUT2D eigenvalue weighted by Gasteiger charge is -2.41. The van der Waals surface area contributed by atoms with Gasteiger partial charge in [0.25, 0.3) is 5.97 Å². The Bertz CT molecular complexity index is 397. The van der Waals surface area contributed by atoms with Crippen LogP contribution >= 0.6 is 0 Å². The molecule has 0 aliphatic carbocycles. The standard InChI is InChI=1S/C22H46O7Si/c1-7-14-21(30(25-15-8-2,26-16-9-3)27-17-10-4)28-20(11-5)29-22(12-6)23-18-13-19-24-22/h20-21H,7-19H2,1-6H3. The second-order valence-corrected chi connectivity index (χ2v) is 10.3. The van der Waals surface area contributed by atoms with E-state index in [1.807, 2.05) is 13.8 Å². The van der Waals surface area contributed by atoms with Crippen LogP contribution in [0.3, 0.4) is 0 Å². The molecule has 0 aromatic heterocycles. The summed E-state index contributed by atoms with van der Waals surface area (Å²) in [7, 11) is -3.07. The van der Waals surface area contributed by atoms with E-state index in [9.17, 15) is 0 Å². The molecule has 30 heavy (non-hydrogen) atoms. The summed E-state index contributed by atoms with van der Waals surface area (Å²) in [5.74, 6) is -1.04. The maximum absolute atomic E-state index is 6.53. The predicted molar refractivity (Wildman–Crippen MR) is 119 cm³/mol. The fourth-order valence-corrected chi connectivity index (χ4v) is 6.46. The fraction of sp³-hybridized carbons (Fsp3) is 1.00. The maximum atomic E-state index is 6.53. The van der Waals surface area contributed by atoms with Crippen molar-refractivity contribution in [3.8, 4) is 0 Å². The average molecular weight is 451 g/mol. The third kappa shape index (κ3) is 8.82. The number of hydrogen-bond acceptors (Lipinski definition) is 7. The molecule has 2 unspecified atom stereocenters. The highest BCUT2D eigenvalue weighted by molar-refractivity contribution is 6.62. The van der Waals surface area contributed by atoms with Crippen LogP contribution in [0.15, 0.2) is 0 Å². The summed E-state index contributed by atoms with van der Waals surface area (Å²) in [6.45, 7) is 15.5. The quantitative estimate of drug-likeness (QED) is 0.210. The molecule has 0 aromatic rings. The van der Waals surface area contributed by atoms with Gasteiger partial charge in [0.15, 0.2) is 6.29 Å². The molecule has 0 N–H and O–H groups in total. The van der Waals surface area contributed by atoms with E-state index < -0.39 is 21.1 Å². The van der Waals surface area contributed by atoms with Crippen molar-refractivity contribution in [1.82, 2.24) is 0 Å². The maximum Gasteiger partial charge on any atom is 0.531 e. The molecular formula is C22H46O7Si. The summed E-state index contributed by atoms with van der Waals surface area (Å²) >= 11 is 0. The second kappa shape index (κ2) is 15.7. The first-order chi connectivity index (χ1) is 14.5. The smallest absolute Gasteiger partial charge is 0.372 e. The molecule has 0 saturated carbocycles. The topological polar surface area (TPSA) is 64.6 Å². The van der Waals surface area contributed by atoms with Crippen LogP contribution in [0.25, 0.3) is 0 Å². The van der Waals surface area contributed by atoms with Crippen LogP contribution in [0, 0.1) is 0 Å². The van der Waals surface area contributed by atoms with Crippen molar-refractivity contribution in [2.75, 3.05) is 33.0 Å². The first-order valence-electron chi connectivity index (χ1n) is 12.1. The molecule has 0 amide bonds. The zero-order chi connectivity index (χ0) is 22.3. The number of hydrogen-bond donors (Lipinski definition) is 0. The van der Waals surface area contributed by atoms with Gasteiger partial charge >= 0.3 is 8.80 Å². The van der Waals surface area contributed by atoms with Crippen LogP contribution in [-0.4, -0.2) is 59.8 Å². The highest BCUT2D eigenvalue weighted by atomic mass is 28.4. The zero-order valence-electron chi connectivity index (χ0n) is 20.2. The predicted octanol–water partition coefficient (Wildman–Crippen LogP) is 5.18. The average Bonchev–Trinajstić information content (AvgIpc) is 2.78. The zero-order valence-corrected chi connectivity index (χ0v) is 21.2. The van der Waals surface area contributed by atoms with Crippen LogP contribution in [-0.2, 0) is 32.2 Å². The SMILES string of the molecule is CCCO[Si](OCCC)(OCCC)C(CCC)OC(CC)OC1(CC)OCCCO1. The molecule has 1 heterocycles. The van der Waals surface area contributed by atoms with Crippen molar-refractivity contribution in [2.45, 2.75) is 111 Å². The Morgan fingerprint density at radius 2 is 1.33 bits per heavy atom. The Morgan fingerprint density at radius 1 is 0.800 bits per heavy atom. The van der Waals surface area contributed by atoms with E-state index in [1.165, 1.54) is 0 Å². The molecule has 1 aliphatic rings. The molecule has 1 aliphatic heterocycles. The van der Waals surface area contributed by atoms with Crippen LogP contribution in [0.2, 0.25) is 0 Å². The van der Waals surface area contributed by atoms with Crippen molar-refractivity contribution in [1.29, 1.82) is 0 Å². The fourth-order valence-electron chi connectivity index (χ4n) is 3.23. The van der Waals surface area contributed by atoms with E-state index in [4.69, 9.17) is 32.2 Å². The van der Waals surface area contributed by atoms with E-state index in [2.05, 4.69) is 27.7 Å². The van der Waals surface area contributed by atoms with E-state index in [0.717, 1.165) is 38.5 Å². The lowest BCUT2D eigenvalue weighted by atomic mass is 10.3. The van der Waals surface area contributed by atoms with Crippen molar-refractivity contribution in [3.63, 3.8) is 0 Å². The molecular weight excluding hydrogens is 404 g/mol. The molecule has 1 saturated heterocycles. The van der Waals surface area contributed by atoms with Gasteiger partial charge in [-0.3, -0.25) is 4.74 Å². The molecule has 8 heteroatoms. The van der Waals surface area contributed by atoms with Crippen molar-refractivity contribution in [3.05, 3.63) is 0 Å². The van der Waals surface area contributed by atoms with Gasteiger partial charge in [-0.2, -0.15) is 0 Å². The summed E-state index contributed by atoms with van der Waals surface area (Å²) in [6.07, 6.45) is 6.04. The van der Waals surface area contributed by atoms with Crippen molar-refractivity contribution in [2.24, 2.45) is 0 Å².